The number of rotatable bonds is 3. The number of aryl methyl sites for hydroxylation is 1. The van der Waals surface area contributed by atoms with Crippen LogP contribution in [-0.4, -0.2) is 17.4 Å². The fourth-order valence-electron chi connectivity index (χ4n) is 2.68. The van der Waals surface area contributed by atoms with Gasteiger partial charge in [-0.05, 0) is 35.7 Å². The third-order valence-corrected chi connectivity index (χ3v) is 3.81. The van der Waals surface area contributed by atoms with Gasteiger partial charge in [0.25, 0.3) is 0 Å². The van der Waals surface area contributed by atoms with Crippen molar-refractivity contribution in [1.29, 1.82) is 0 Å². The lowest BCUT2D eigenvalue weighted by molar-refractivity contribution is -0.117. The zero-order valence-electron chi connectivity index (χ0n) is 12.1. The van der Waals surface area contributed by atoms with Gasteiger partial charge in [0.15, 0.2) is 0 Å². The maximum Gasteiger partial charge on any atom is 0.238 e. The molecule has 1 aliphatic heterocycles. The van der Waals surface area contributed by atoms with Crippen LogP contribution in [0.25, 0.3) is 0 Å². The molecule has 0 fully saturated rings. The Balaban J connectivity index is 1.62. The largest absolute Gasteiger partial charge is 0.399 e. The number of carbonyl (C=O) groups excluding carboxylic acids is 1. The van der Waals surface area contributed by atoms with Crippen LogP contribution in [0.3, 0.4) is 0 Å². The molecule has 0 aliphatic carbocycles. The second-order valence-corrected chi connectivity index (χ2v) is 5.54. The first-order valence-electron chi connectivity index (χ1n) is 7.07. The average molecular weight is 281 g/mol. The van der Waals surface area contributed by atoms with Crippen LogP contribution in [0.15, 0.2) is 42.5 Å². The van der Waals surface area contributed by atoms with Gasteiger partial charge in [-0.2, -0.15) is 0 Å². The molecule has 1 heterocycles. The van der Waals surface area contributed by atoms with Crippen LogP contribution >= 0.6 is 0 Å². The minimum atomic E-state index is -0.00324. The molecule has 0 radical (unpaired) electrons. The number of fused-ring (bicyclic) bond motifs is 1. The lowest BCUT2D eigenvalue weighted by Gasteiger charge is -2.15. The molecule has 0 unspecified atom stereocenters. The molecule has 1 aliphatic rings. The summed E-state index contributed by atoms with van der Waals surface area (Å²) in [6.45, 7) is 4.02. The molecule has 3 N–H and O–H groups in total. The third kappa shape index (κ3) is 3.06. The molecule has 0 bridgehead atoms. The predicted molar refractivity (Wildman–Crippen MR) is 84.8 cm³/mol. The smallest absolute Gasteiger partial charge is 0.238 e. The maximum atomic E-state index is 12.2. The summed E-state index contributed by atoms with van der Waals surface area (Å²) in [5.74, 6) is -0.00324. The fourth-order valence-corrected chi connectivity index (χ4v) is 2.68. The minimum absolute atomic E-state index is 0.00324. The van der Waals surface area contributed by atoms with E-state index in [2.05, 4.69) is 22.3 Å². The first-order valence-corrected chi connectivity index (χ1v) is 7.07. The van der Waals surface area contributed by atoms with Gasteiger partial charge in [0.1, 0.15) is 0 Å². The van der Waals surface area contributed by atoms with Crippen molar-refractivity contribution in [3.05, 3.63) is 59.2 Å². The molecule has 2 aromatic rings. The van der Waals surface area contributed by atoms with Gasteiger partial charge in [0.2, 0.25) is 5.91 Å². The summed E-state index contributed by atoms with van der Waals surface area (Å²) in [5, 5.41) is 2.94. The van der Waals surface area contributed by atoms with E-state index in [4.69, 9.17) is 5.73 Å². The van der Waals surface area contributed by atoms with Crippen molar-refractivity contribution in [1.82, 2.24) is 4.90 Å². The second kappa shape index (κ2) is 5.58. The monoisotopic (exact) mass is 281 g/mol. The van der Waals surface area contributed by atoms with Crippen molar-refractivity contribution < 1.29 is 4.79 Å². The summed E-state index contributed by atoms with van der Waals surface area (Å²) in [6, 6.07) is 13.9. The summed E-state index contributed by atoms with van der Waals surface area (Å²) < 4.78 is 0. The third-order valence-electron chi connectivity index (χ3n) is 3.81. The van der Waals surface area contributed by atoms with E-state index in [9.17, 15) is 4.79 Å². The number of nitrogens with zero attached hydrogens (tertiary/aromatic N) is 1. The number of hydrogen-bond donors (Lipinski definition) is 2. The molecule has 0 atom stereocenters. The summed E-state index contributed by atoms with van der Waals surface area (Å²) in [7, 11) is 0. The van der Waals surface area contributed by atoms with Gasteiger partial charge in [-0.3, -0.25) is 9.69 Å². The number of carbonyl (C=O) groups is 1. The van der Waals surface area contributed by atoms with E-state index >= 15 is 0 Å². The predicted octanol–water partition coefficient (Wildman–Crippen LogP) is 2.53. The summed E-state index contributed by atoms with van der Waals surface area (Å²) in [6.07, 6.45) is 0. The van der Waals surface area contributed by atoms with Crippen molar-refractivity contribution in [3.8, 4) is 0 Å². The van der Waals surface area contributed by atoms with Gasteiger partial charge >= 0.3 is 0 Å². The Bertz CT molecular complexity index is 656. The van der Waals surface area contributed by atoms with Crippen LogP contribution < -0.4 is 11.1 Å². The normalized spacial score (nSPS) is 14.0. The molecule has 4 heteroatoms. The summed E-state index contributed by atoms with van der Waals surface area (Å²) in [5.41, 5.74) is 10.8. The topological polar surface area (TPSA) is 58.4 Å². The lowest BCUT2D eigenvalue weighted by atomic mass is 10.1. The lowest BCUT2D eigenvalue weighted by Crippen LogP contribution is -2.29. The maximum absolute atomic E-state index is 12.2. The van der Waals surface area contributed by atoms with Crippen LogP contribution in [0.1, 0.15) is 16.7 Å². The SMILES string of the molecule is Cc1ccc(N)cc1NC(=O)CN1Cc2ccccc2C1. The van der Waals surface area contributed by atoms with Gasteiger partial charge in [-0.25, -0.2) is 0 Å². The van der Waals surface area contributed by atoms with Gasteiger partial charge in [0.05, 0.1) is 6.54 Å². The fraction of sp³-hybridized carbons (Fsp3) is 0.235. The number of anilines is 2. The van der Waals surface area contributed by atoms with Crippen molar-refractivity contribution >= 4 is 17.3 Å². The first-order chi connectivity index (χ1) is 10.1. The van der Waals surface area contributed by atoms with Crippen molar-refractivity contribution in [3.63, 3.8) is 0 Å². The number of nitrogens with one attached hydrogen (secondary N) is 1. The van der Waals surface area contributed by atoms with E-state index in [-0.39, 0.29) is 5.91 Å². The highest BCUT2D eigenvalue weighted by molar-refractivity contribution is 5.93. The Morgan fingerprint density at radius 2 is 1.86 bits per heavy atom. The number of amides is 1. The molecule has 0 saturated carbocycles. The summed E-state index contributed by atoms with van der Waals surface area (Å²) in [4.78, 5) is 14.3. The molecule has 108 valence electrons. The van der Waals surface area contributed by atoms with Crippen molar-refractivity contribution in [2.75, 3.05) is 17.6 Å². The van der Waals surface area contributed by atoms with Crippen LogP contribution in [0.4, 0.5) is 11.4 Å². The van der Waals surface area contributed by atoms with Crippen LogP contribution in [0.5, 0.6) is 0 Å². The highest BCUT2D eigenvalue weighted by Gasteiger charge is 2.20. The van der Waals surface area contributed by atoms with Gasteiger partial charge < -0.3 is 11.1 Å². The Kier molecular flexibility index (Phi) is 3.62. The minimum Gasteiger partial charge on any atom is -0.399 e. The highest BCUT2D eigenvalue weighted by atomic mass is 16.2. The van der Waals surface area contributed by atoms with Crippen molar-refractivity contribution in [2.24, 2.45) is 0 Å². The number of hydrogen-bond acceptors (Lipinski definition) is 3. The molecular weight excluding hydrogens is 262 g/mol. The highest BCUT2D eigenvalue weighted by Crippen LogP contribution is 2.22. The Morgan fingerprint density at radius 1 is 1.19 bits per heavy atom. The standard InChI is InChI=1S/C17H19N3O/c1-12-6-7-15(18)8-16(12)19-17(21)11-20-9-13-4-2-3-5-14(13)10-20/h2-8H,9-11,18H2,1H3,(H,19,21). The second-order valence-electron chi connectivity index (χ2n) is 5.54. The van der Waals surface area contributed by atoms with Gasteiger partial charge in [0, 0.05) is 24.5 Å². The molecular formula is C17H19N3O. The number of nitrogen functional groups attached to an aromatic ring is 1. The van der Waals surface area contributed by atoms with Gasteiger partial charge in [-0.1, -0.05) is 30.3 Å². The van der Waals surface area contributed by atoms with E-state index in [1.54, 1.807) is 6.07 Å². The molecule has 0 saturated heterocycles. The number of benzene rings is 2. The molecule has 0 aromatic heterocycles. The van der Waals surface area contributed by atoms with E-state index in [1.807, 2.05) is 31.2 Å². The van der Waals surface area contributed by atoms with Gasteiger partial charge in [-0.15, -0.1) is 0 Å². The molecule has 0 spiro atoms. The van der Waals surface area contributed by atoms with E-state index < -0.39 is 0 Å². The zero-order valence-corrected chi connectivity index (χ0v) is 12.1. The van der Waals surface area contributed by atoms with Crippen molar-refractivity contribution in [2.45, 2.75) is 20.0 Å². The molecule has 4 nitrogen and oxygen atoms in total. The van der Waals surface area contributed by atoms with Crippen LogP contribution in [0, 0.1) is 6.92 Å². The molecule has 1 amide bonds. The first kappa shape index (κ1) is 13.6. The van der Waals surface area contributed by atoms with Crippen LogP contribution in [-0.2, 0) is 17.9 Å². The van der Waals surface area contributed by atoms with Crippen LogP contribution in [0.2, 0.25) is 0 Å². The quantitative estimate of drug-likeness (QED) is 0.850. The number of nitrogens with two attached hydrogens (primary N) is 1. The van der Waals surface area contributed by atoms with E-state index in [0.717, 1.165) is 24.3 Å². The Labute approximate surface area is 124 Å². The average Bonchev–Trinajstić information content (AvgIpc) is 2.84. The Morgan fingerprint density at radius 3 is 2.52 bits per heavy atom. The molecule has 2 aromatic carbocycles. The zero-order chi connectivity index (χ0) is 14.8. The molecule has 21 heavy (non-hydrogen) atoms. The molecule has 3 rings (SSSR count). The van der Waals surface area contributed by atoms with E-state index in [1.165, 1.54) is 11.1 Å². The van der Waals surface area contributed by atoms with E-state index in [0.29, 0.717) is 12.2 Å². The summed E-state index contributed by atoms with van der Waals surface area (Å²) >= 11 is 0. The Hall–Kier alpha value is -2.33.